The average Bonchev–Trinajstić information content (AvgIpc) is 2.50. The SMILES string of the molecule is COC(=O)[C@@H](C)OP(=O)(O)CNC(=O)OCc1ccccc1. The lowest BCUT2D eigenvalue weighted by Gasteiger charge is -2.16. The predicted molar refractivity (Wildman–Crippen MR) is 77.0 cm³/mol. The molecule has 0 aliphatic rings. The first-order valence-corrected chi connectivity index (χ1v) is 8.13. The number of nitrogens with one attached hydrogen (secondary N) is 1. The fourth-order valence-electron chi connectivity index (χ4n) is 1.43. The van der Waals surface area contributed by atoms with Crippen LogP contribution in [-0.2, 0) is 30.0 Å². The van der Waals surface area contributed by atoms with Crippen LogP contribution in [0.3, 0.4) is 0 Å². The molecule has 9 heteroatoms. The Labute approximate surface area is 127 Å². The second kappa shape index (κ2) is 8.53. The van der Waals surface area contributed by atoms with Gasteiger partial charge in [0.1, 0.15) is 12.9 Å². The number of hydrogen-bond acceptors (Lipinski definition) is 6. The molecule has 22 heavy (non-hydrogen) atoms. The van der Waals surface area contributed by atoms with Gasteiger partial charge in [-0.25, -0.2) is 9.59 Å². The summed E-state index contributed by atoms with van der Waals surface area (Å²) >= 11 is 0. The molecule has 1 rings (SSSR count). The molecule has 0 saturated carbocycles. The number of benzene rings is 1. The van der Waals surface area contributed by atoms with Crippen molar-refractivity contribution in [2.75, 3.05) is 13.4 Å². The van der Waals surface area contributed by atoms with Crippen molar-refractivity contribution in [3.05, 3.63) is 35.9 Å². The summed E-state index contributed by atoms with van der Waals surface area (Å²) in [6, 6.07) is 8.95. The van der Waals surface area contributed by atoms with Crippen LogP contribution in [-0.4, -0.2) is 36.5 Å². The van der Waals surface area contributed by atoms with Gasteiger partial charge in [-0.05, 0) is 12.5 Å². The van der Waals surface area contributed by atoms with Crippen LogP contribution in [0.25, 0.3) is 0 Å². The minimum Gasteiger partial charge on any atom is -0.467 e. The van der Waals surface area contributed by atoms with Crippen LogP contribution < -0.4 is 5.32 Å². The average molecular weight is 331 g/mol. The second-order valence-electron chi connectivity index (χ2n) is 4.30. The zero-order valence-corrected chi connectivity index (χ0v) is 13.1. The number of amides is 1. The van der Waals surface area contributed by atoms with Crippen LogP contribution in [0.4, 0.5) is 4.79 Å². The van der Waals surface area contributed by atoms with Crippen LogP contribution in [0.15, 0.2) is 30.3 Å². The molecule has 2 N–H and O–H groups in total. The van der Waals surface area contributed by atoms with E-state index in [0.717, 1.165) is 12.7 Å². The largest absolute Gasteiger partial charge is 0.467 e. The summed E-state index contributed by atoms with van der Waals surface area (Å²) in [6.07, 6.45) is -2.77. The monoisotopic (exact) mass is 331 g/mol. The van der Waals surface area contributed by atoms with Gasteiger partial charge in [0.2, 0.25) is 0 Å². The summed E-state index contributed by atoms with van der Waals surface area (Å²) in [7, 11) is -3.05. The molecule has 0 aromatic heterocycles. The minimum atomic E-state index is -4.18. The Morgan fingerprint density at radius 3 is 2.55 bits per heavy atom. The lowest BCUT2D eigenvalue weighted by Crippen LogP contribution is -2.28. The second-order valence-corrected chi connectivity index (χ2v) is 6.11. The summed E-state index contributed by atoms with van der Waals surface area (Å²) in [6.45, 7) is 1.30. The standard InChI is InChI=1S/C13H18NO7P/c1-10(12(15)19-2)21-22(17,18)9-14-13(16)20-8-11-6-4-3-5-7-11/h3-7,10H,8-9H2,1-2H3,(H,14,16)(H,17,18)/t10-/m1/s1. The predicted octanol–water partition coefficient (Wildman–Crippen LogP) is 1.63. The van der Waals surface area contributed by atoms with E-state index >= 15 is 0 Å². The van der Waals surface area contributed by atoms with Crippen molar-refractivity contribution in [2.45, 2.75) is 19.6 Å². The van der Waals surface area contributed by atoms with Crippen molar-refractivity contribution in [3.63, 3.8) is 0 Å². The normalized spacial score (nSPS) is 14.5. The molecule has 122 valence electrons. The van der Waals surface area contributed by atoms with Crippen LogP contribution in [0.2, 0.25) is 0 Å². The lowest BCUT2D eigenvalue weighted by molar-refractivity contribution is -0.148. The highest BCUT2D eigenvalue weighted by atomic mass is 31.2. The summed E-state index contributed by atoms with van der Waals surface area (Å²) in [5.74, 6) is -0.791. The van der Waals surface area contributed by atoms with E-state index in [1.807, 2.05) is 6.07 Å². The van der Waals surface area contributed by atoms with Gasteiger partial charge in [-0.1, -0.05) is 30.3 Å². The molecule has 1 aromatic carbocycles. The number of carbonyl (C=O) groups excluding carboxylic acids is 2. The van der Waals surface area contributed by atoms with Crippen LogP contribution >= 0.6 is 7.60 Å². The number of ether oxygens (including phenoxy) is 2. The van der Waals surface area contributed by atoms with Gasteiger partial charge in [-0.15, -0.1) is 0 Å². The van der Waals surface area contributed by atoms with Crippen molar-refractivity contribution < 1.29 is 33.0 Å². The number of carbonyl (C=O) groups is 2. The molecule has 0 bridgehead atoms. The van der Waals surface area contributed by atoms with Crippen molar-refractivity contribution >= 4 is 19.7 Å². The first-order chi connectivity index (χ1) is 10.3. The Hall–Kier alpha value is -1.89. The van der Waals surface area contributed by atoms with Crippen molar-refractivity contribution in [2.24, 2.45) is 0 Å². The van der Waals surface area contributed by atoms with Gasteiger partial charge in [0.05, 0.1) is 7.11 Å². The zero-order valence-electron chi connectivity index (χ0n) is 12.2. The minimum absolute atomic E-state index is 0.0296. The fraction of sp³-hybridized carbons (Fsp3) is 0.385. The van der Waals surface area contributed by atoms with E-state index in [2.05, 4.69) is 14.6 Å². The van der Waals surface area contributed by atoms with Gasteiger partial charge in [-0.3, -0.25) is 9.09 Å². The van der Waals surface area contributed by atoms with E-state index in [9.17, 15) is 19.0 Å². The number of esters is 1. The Kier molecular flexibility index (Phi) is 7.04. The van der Waals surface area contributed by atoms with Crippen molar-refractivity contribution in [1.82, 2.24) is 5.32 Å². The highest BCUT2D eigenvalue weighted by molar-refractivity contribution is 7.52. The van der Waals surface area contributed by atoms with E-state index in [4.69, 9.17) is 4.74 Å². The molecule has 1 unspecified atom stereocenters. The van der Waals surface area contributed by atoms with E-state index in [1.165, 1.54) is 6.92 Å². The number of hydrogen-bond donors (Lipinski definition) is 2. The van der Waals surface area contributed by atoms with Gasteiger partial charge in [-0.2, -0.15) is 0 Å². The molecular formula is C13H18NO7P. The first-order valence-electron chi connectivity index (χ1n) is 6.36. The number of alkyl carbamates (subject to hydrolysis) is 1. The maximum Gasteiger partial charge on any atom is 0.408 e. The molecule has 1 aromatic rings. The quantitative estimate of drug-likeness (QED) is 0.577. The summed E-state index contributed by atoms with van der Waals surface area (Å²) in [5, 5.41) is 2.10. The number of methoxy groups -OCH3 is 1. The molecule has 0 radical (unpaired) electrons. The van der Waals surface area contributed by atoms with E-state index < -0.39 is 32.0 Å². The molecule has 0 fully saturated rings. The topological polar surface area (TPSA) is 111 Å². The maximum absolute atomic E-state index is 11.7. The number of rotatable bonds is 7. The van der Waals surface area contributed by atoms with Crippen LogP contribution in [0.5, 0.6) is 0 Å². The molecule has 0 aliphatic heterocycles. The Bertz CT molecular complexity index is 549. The van der Waals surface area contributed by atoms with Gasteiger partial charge in [0.25, 0.3) is 0 Å². The molecule has 0 heterocycles. The van der Waals surface area contributed by atoms with Crippen molar-refractivity contribution in [1.29, 1.82) is 0 Å². The van der Waals surface area contributed by atoms with Crippen LogP contribution in [0, 0.1) is 0 Å². The molecule has 8 nitrogen and oxygen atoms in total. The summed E-state index contributed by atoms with van der Waals surface area (Å²) in [5.41, 5.74) is 0.778. The smallest absolute Gasteiger partial charge is 0.408 e. The molecule has 0 saturated heterocycles. The lowest BCUT2D eigenvalue weighted by atomic mass is 10.2. The molecule has 1 amide bonds. The highest BCUT2D eigenvalue weighted by Gasteiger charge is 2.27. The third-order valence-corrected chi connectivity index (χ3v) is 3.70. The van der Waals surface area contributed by atoms with E-state index in [0.29, 0.717) is 0 Å². The third kappa shape index (κ3) is 6.71. The molecule has 2 atom stereocenters. The summed E-state index contributed by atoms with van der Waals surface area (Å²) in [4.78, 5) is 32.0. The zero-order chi connectivity index (χ0) is 16.6. The van der Waals surface area contributed by atoms with Gasteiger partial charge >= 0.3 is 19.7 Å². The maximum atomic E-state index is 11.7. The van der Waals surface area contributed by atoms with Crippen molar-refractivity contribution in [3.8, 4) is 0 Å². The molecule has 0 aliphatic carbocycles. The van der Waals surface area contributed by atoms with Gasteiger partial charge in [0, 0.05) is 0 Å². The van der Waals surface area contributed by atoms with Gasteiger partial charge < -0.3 is 19.7 Å². The Morgan fingerprint density at radius 2 is 1.95 bits per heavy atom. The first kappa shape index (κ1) is 18.2. The third-order valence-electron chi connectivity index (χ3n) is 2.49. The molecular weight excluding hydrogens is 313 g/mol. The Balaban J connectivity index is 2.36. The fourth-order valence-corrected chi connectivity index (χ4v) is 2.42. The highest BCUT2D eigenvalue weighted by Crippen LogP contribution is 2.41. The van der Waals surface area contributed by atoms with E-state index in [1.54, 1.807) is 24.3 Å². The molecule has 0 spiro atoms. The van der Waals surface area contributed by atoms with Gasteiger partial charge in [0.15, 0.2) is 6.10 Å². The Morgan fingerprint density at radius 1 is 1.32 bits per heavy atom. The van der Waals surface area contributed by atoms with E-state index in [-0.39, 0.29) is 6.61 Å². The summed E-state index contributed by atoms with van der Waals surface area (Å²) < 4.78 is 25.6. The van der Waals surface area contributed by atoms with Crippen LogP contribution in [0.1, 0.15) is 12.5 Å².